The van der Waals surface area contributed by atoms with Crippen molar-refractivity contribution in [3.05, 3.63) is 125 Å². The maximum atomic E-state index is 15.6. The molecule has 5 amide bonds. The molecule has 326 valence electrons. The summed E-state index contributed by atoms with van der Waals surface area (Å²) in [6.07, 6.45) is 8.44. The highest BCUT2D eigenvalue weighted by molar-refractivity contribution is 6.23. The number of aromatic nitrogens is 3. The van der Waals surface area contributed by atoms with Crippen LogP contribution in [0.5, 0.6) is 0 Å². The molecule has 3 atom stereocenters. The van der Waals surface area contributed by atoms with Crippen molar-refractivity contribution in [2.24, 2.45) is 5.92 Å². The second-order valence-corrected chi connectivity index (χ2v) is 17.5. The van der Waals surface area contributed by atoms with Crippen LogP contribution in [-0.4, -0.2) is 110 Å². The summed E-state index contributed by atoms with van der Waals surface area (Å²) in [7, 11) is 0. The highest BCUT2D eigenvalue weighted by atomic mass is 19.1. The molecule has 0 saturated carbocycles. The number of rotatable bonds is 11. The van der Waals surface area contributed by atoms with E-state index in [9.17, 15) is 24.0 Å². The SMILES string of the molecule is Cc1ccc(NC(=O)c2ccc(CN3CCC(CN4C5CC4CN(c4cc6c(cc4F)C(=O)N(C4CCC(=O)NC4=O)C6=O)C5)CC3)cc2)cc1Nc1nccc(-c2cccnc2)n1. The molecule has 0 radical (unpaired) electrons. The first-order valence-electron chi connectivity index (χ1n) is 21.8. The summed E-state index contributed by atoms with van der Waals surface area (Å²) in [4.78, 5) is 85.1. The van der Waals surface area contributed by atoms with Crippen molar-refractivity contribution in [2.75, 3.05) is 48.3 Å². The summed E-state index contributed by atoms with van der Waals surface area (Å²) in [5.41, 5.74) is 6.11. The Balaban J connectivity index is 0.689. The number of carbonyl (C=O) groups is 5. The molecule has 5 saturated heterocycles. The number of halogens is 1. The number of nitrogens with zero attached hydrogens (tertiary/aromatic N) is 7. The molecular weight excluding hydrogens is 816 g/mol. The normalized spacial score (nSPS) is 21.4. The van der Waals surface area contributed by atoms with E-state index in [0.29, 0.717) is 41.9 Å². The Hall–Kier alpha value is -6.91. The number of hydrogen-bond donors (Lipinski definition) is 3. The molecule has 3 aromatic carbocycles. The van der Waals surface area contributed by atoms with Crippen LogP contribution in [0.2, 0.25) is 0 Å². The second-order valence-electron chi connectivity index (χ2n) is 17.5. The number of fused-ring (bicyclic) bond motifs is 3. The van der Waals surface area contributed by atoms with E-state index in [1.165, 1.54) is 6.07 Å². The van der Waals surface area contributed by atoms with Gasteiger partial charge in [-0.05, 0) is 117 Å². The Morgan fingerprint density at radius 3 is 2.39 bits per heavy atom. The molecule has 5 fully saturated rings. The number of benzene rings is 3. The molecule has 15 nitrogen and oxygen atoms in total. The van der Waals surface area contributed by atoms with Crippen LogP contribution in [0.15, 0.2) is 91.4 Å². The summed E-state index contributed by atoms with van der Waals surface area (Å²) in [5, 5.41) is 8.51. The van der Waals surface area contributed by atoms with Crippen LogP contribution in [0.3, 0.4) is 0 Å². The summed E-state index contributed by atoms with van der Waals surface area (Å²) >= 11 is 0. The average molecular weight is 863 g/mol. The van der Waals surface area contributed by atoms with Gasteiger partial charge < -0.3 is 15.5 Å². The number of hydrogen-bond acceptors (Lipinski definition) is 12. The van der Waals surface area contributed by atoms with Crippen molar-refractivity contribution in [1.29, 1.82) is 0 Å². The summed E-state index contributed by atoms with van der Waals surface area (Å²) in [5.74, 6) is -2.25. The summed E-state index contributed by atoms with van der Waals surface area (Å²) in [6, 6.07) is 21.2. The van der Waals surface area contributed by atoms with Gasteiger partial charge in [0.25, 0.3) is 17.7 Å². The van der Waals surface area contributed by atoms with Gasteiger partial charge in [0.05, 0.1) is 22.5 Å². The van der Waals surface area contributed by atoms with Crippen molar-refractivity contribution in [3.63, 3.8) is 0 Å². The topological polar surface area (TPSA) is 173 Å². The molecule has 6 aliphatic heterocycles. The molecule has 11 rings (SSSR count). The van der Waals surface area contributed by atoms with Crippen LogP contribution in [0.1, 0.15) is 74.3 Å². The zero-order chi connectivity index (χ0) is 44.1. The average Bonchev–Trinajstić information content (AvgIpc) is 3.54. The quantitative estimate of drug-likeness (QED) is 0.142. The van der Waals surface area contributed by atoms with Gasteiger partial charge >= 0.3 is 0 Å². The van der Waals surface area contributed by atoms with E-state index in [2.05, 4.69) is 40.7 Å². The van der Waals surface area contributed by atoms with Crippen LogP contribution in [0.4, 0.5) is 27.4 Å². The molecule has 2 aromatic heterocycles. The van der Waals surface area contributed by atoms with Crippen molar-refractivity contribution in [3.8, 4) is 11.3 Å². The maximum Gasteiger partial charge on any atom is 0.262 e. The zero-order valence-electron chi connectivity index (χ0n) is 35.3. The molecule has 8 heterocycles. The Labute approximate surface area is 369 Å². The number of carbonyl (C=O) groups excluding carboxylic acids is 5. The fourth-order valence-corrected chi connectivity index (χ4v) is 9.80. The first kappa shape index (κ1) is 41.1. The molecule has 0 aliphatic carbocycles. The first-order valence-corrected chi connectivity index (χ1v) is 21.8. The van der Waals surface area contributed by atoms with Gasteiger partial charge in [-0.15, -0.1) is 0 Å². The number of likely N-dealkylation sites (tertiary alicyclic amines) is 1. The van der Waals surface area contributed by atoms with Crippen molar-refractivity contribution < 1.29 is 28.4 Å². The van der Waals surface area contributed by atoms with Crippen LogP contribution in [0.25, 0.3) is 11.3 Å². The highest BCUT2D eigenvalue weighted by Crippen LogP contribution is 2.39. The minimum atomic E-state index is -1.10. The van der Waals surface area contributed by atoms with Gasteiger partial charge in [-0.25, -0.2) is 14.4 Å². The number of imide groups is 2. The number of piperazine rings is 1. The Kier molecular flexibility index (Phi) is 10.9. The second kappa shape index (κ2) is 17.0. The van der Waals surface area contributed by atoms with Crippen molar-refractivity contribution in [1.82, 2.24) is 35.0 Å². The lowest BCUT2D eigenvalue weighted by Gasteiger charge is -2.58. The largest absolute Gasteiger partial charge is 0.366 e. The van der Waals surface area contributed by atoms with Gasteiger partial charge in [0.15, 0.2) is 0 Å². The fourth-order valence-electron chi connectivity index (χ4n) is 9.80. The predicted octanol–water partition coefficient (Wildman–Crippen LogP) is 5.56. The van der Waals surface area contributed by atoms with Gasteiger partial charge in [0.2, 0.25) is 17.8 Å². The molecule has 64 heavy (non-hydrogen) atoms. The van der Waals surface area contributed by atoms with Crippen LogP contribution in [0, 0.1) is 18.7 Å². The number of aryl methyl sites for hydroxylation is 1. The first-order chi connectivity index (χ1) is 31.0. The summed E-state index contributed by atoms with van der Waals surface area (Å²) < 4.78 is 15.6. The third-order valence-electron chi connectivity index (χ3n) is 13.3. The number of pyridine rings is 1. The highest BCUT2D eigenvalue weighted by Gasteiger charge is 2.48. The molecule has 16 heteroatoms. The number of piperidine rings is 3. The Bertz CT molecular complexity index is 2660. The maximum absolute atomic E-state index is 15.6. The van der Waals surface area contributed by atoms with Gasteiger partial charge in [-0.2, -0.15) is 0 Å². The lowest BCUT2D eigenvalue weighted by Crippen LogP contribution is -2.69. The Morgan fingerprint density at radius 1 is 0.891 bits per heavy atom. The van der Waals surface area contributed by atoms with E-state index in [4.69, 9.17) is 0 Å². The van der Waals surface area contributed by atoms with E-state index in [0.717, 1.165) is 84.5 Å². The molecule has 2 bridgehead atoms. The molecule has 0 spiro atoms. The lowest BCUT2D eigenvalue weighted by molar-refractivity contribution is -0.136. The van der Waals surface area contributed by atoms with Crippen molar-refractivity contribution >= 4 is 52.5 Å². The molecule has 3 N–H and O–H groups in total. The smallest absolute Gasteiger partial charge is 0.262 e. The number of amides is 5. The molecule has 6 aliphatic rings. The predicted molar refractivity (Wildman–Crippen MR) is 236 cm³/mol. The van der Waals surface area contributed by atoms with E-state index >= 15 is 4.39 Å². The van der Waals surface area contributed by atoms with Crippen LogP contribution >= 0.6 is 0 Å². The van der Waals surface area contributed by atoms with Crippen molar-refractivity contribution in [2.45, 2.75) is 63.7 Å². The fraction of sp³-hybridized carbons (Fsp3) is 0.333. The monoisotopic (exact) mass is 862 g/mol. The molecule has 5 aromatic rings. The van der Waals surface area contributed by atoms with E-state index in [-0.39, 0.29) is 42.0 Å². The lowest BCUT2D eigenvalue weighted by atomic mass is 9.84. The minimum Gasteiger partial charge on any atom is -0.366 e. The van der Waals surface area contributed by atoms with E-state index in [1.54, 1.807) is 18.6 Å². The standard InChI is InChI=1S/C48H47FN10O5/c1-28-4-9-33(19-40(28)54-48-51-16-12-39(53-48)32-3-2-15-50-23-32)52-44(61)31-7-5-29(6-8-31)24-56-17-13-30(14-18-56)25-58-34-20-35(58)27-57(26-34)42-22-37-36(21-38(42)49)46(63)59(47(37)64)41-10-11-43(60)55-45(41)62/h2-9,12,15-16,19,21-23,30,34-35,41H,10-11,13-14,17-18,20,24-27H2,1H3,(H,52,61)(H,51,53,54)(H,55,60,62). The zero-order valence-corrected chi connectivity index (χ0v) is 35.3. The van der Waals surface area contributed by atoms with Gasteiger partial charge in [0, 0.05) is 85.8 Å². The minimum absolute atomic E-state index is 0.0213. The Morgan fingerprint density at radius 2 is 1.66 bits per heavy atom. The molecule has 3 unspecified atom stereocenters. The van der Waals surface area contributed by atoms with Gasteiger partial charge in [0.1, 0.15) is 11.9 Å². The number of anilines is 4. The van der Waals surface area contributed by atoms with E-state index < -0.39 is 35.5 Å². The molecular formula is C48H47FN10O5. The van der Waals surface area contributed by atoms with Gasteiger partial charge in [-0.1, -0.05) is 18.2 Å². The summed E-state index contributed by atoms with van der Waals surface area (Å²) in [6.45, 7) is 6.99. The van der Waals surface area contributed by atoms with E-state index in [1.807, 2.05) is 72.5 Å². The number of nitrogens with one attached hydrogen (secondary N) is 3. The third-order valence-corrected chi connectivity index (χ3v) is 13.3. The van der Waals surface area contributed by atoms with Crippen LogP contribution < -0.4 is 20.9 Å². The van der Waals surface area contributed by atoms with Gasteiger partial charge in [-0.3, -0.25) is 49.0 Å². The van der Waals surface area contributed by atoms with Crippen LogP contribution in [-0.2, 0) is 16.1 Å². The third kappa shape index (κ3) is 8.10.